The second-order valence-corrected chi connectivity index (χ2v) is 9.59. The van der Waals surface area contributed by atoms with Crippen molar-refractivity contribution >= 4 is 0 Å². The van der Waals surface area contributed by atoms with Gasteiger partial charge >= 0.3 is 0 Å². The van der Waals surface area contributed by atoms with Crippen molar-refractivity contribution in [3.05, 3.63) is 71.7 Å². The number of aryl methyl sites for hydroxylation is 1. The van der Waals surface area contributed by atoms with Crippen LogP contribution in [0.25, 0.3) is 16.9 Å². The van der Waals surface area contributed by atoms with Crippen LogP contribution in [-0.4, -0.2) is 63.0 Å². The molecule has 2 saturated heterocycles. The lowest BCUT2D eigenvalue weighted by molar-refractivity contribution is 0.0243. The Bertz CT molecular complexity index is 1050. The van der Waals surface area contributed by atoms with E-state index in [-0.39, 0.29) is 11.9 Å². The van der Waals surface area contributed by atoms with Gasteiger partial charge in [0, 0.05) is 36.5 Å². The molecule has 2 aliphatic rings. The van der Waals surface area contributed by atoms with Gasteiger partial charge < -0.3 is 5.11 Å². The summed E-state index contributed by atoms with van der Waals surface area (Å²) in [6.45, 7) is 6.92. The number of rotatable bonds is 5. The Kier molecular flexibility index (Phi) is 6.58. The molecule has 1 N–H and O–H groups in total. The van der Waals surface area contributed by atoms with E-state index >= 15 is 0 Å². The number of benzene rings is 2. The Labute approximate surface area is 195 Å². The largest absolute Gasteiger partial charge is 0.392 e. The lowest BCUT2D eigenvalue weighted by Crippen LogP contribution is -2.49. The van der Waals surface area contributed by atoms with Crippen LogP contribution in [0.1, 0.15) is 36.8 Å². The first-order valence-electron chi connectivity index (χ1n) is 12.1. The van der Waals surface area contributed by atoms with Crippen LogP contribution in [0.3, 0.4) is 0 Å². The molecule has 5 rings (SSSR count). The molecule has 3 aromatic rings. The smallest absolute Gasteiger partial charge is 0.123 e. The predicted octanol–water partition coefficient (Wildman–Crippen LogP) is 4.41. The van der Waals surface area contributed by atoms with Crippen molar-refractivity contribution < 1.29 is 9.50 Å². The molecule has 2 fully saturated rings. The standard InChI is InChI=1S/C27H33FN4O/c1-20-4-10-25(11-5-20)32-18-22(27(29-32)21-6-8-23(28)9-7-21)17-30-15-12-24(13-16-30)31-14-2-3-26(33)19-31/h4-11,18,24,26,33H,2-3,12-17,19H2,1H3. The van der Waals surface area contributed by atoms with Gasteiger partial charge in [-0.3, -0.25) is 9.80 Å². The van der Waals surface area contributed by atoms with E-state index in [1.807, 2.05) is 16.8 Å². The van der Waals surface area contributed by atoms with Crippen molar-refractivity contribution in [1.29, 1.82) is 0 Å². The van der Waals surface area contributed by atoms with Crippen molar-refractivity contribution in [2.45, 2.75) is 51.3 Å². The number of β-amino-alcohol motifs (C(OH)–C–C–N with tert-alkyl or cyclic N) is 1. The molecule has 0 radical (unpaired) electrons. The maximum Gasteiger partial charge on any atom is 0.123 e. The summed E-state index contributed by atoms with van der Waals surface area (Å²) in [5, 5.41) is 14.9. The molecule has 0 amide bonds. The number of nitrogens with zero attached hydrogens (tertiary/aromatic N) is 4. The molecule has 0 bridgehead atoms. The number of likely N-dealkylation sites (tertiary alicyclic amines) is 2. The maximum atomic E-state index is 13.5. The topological polar surface area (TPSA) is 44.5 Å². The van der Waals surface area contributed by atoms with Crippen LogP contribution < -0.4 is 0 Å². The average Bonchev–Trinajstić information content (AvgIpc) is 3.24. The van der Waals surface area contributed by atoms with Crippen LogP contribution in [0, 0.1) is 12.7 Å². The number of hydrogen-bond acceptors (Lipinski definition) is 4. The molecule has 0 saturated carbocycles. The van der Waals surface area contributed by atoms with Crippen LogP contribution in [0.2, 0.25) is 0 Å². The van der Waals surface area contributed by atoms with Gasteiger partial charge in [0.1, 0.15) is 5.82 Å². The van der Waals surface area contributed by atoms with Gasteiger partial charge in [-0.25, -0.2) is 9.07 Å². The predicted molar refractivity (Wildman–Crippen MR) is 129 cm³/mol. The SMILES string of the molecule is Cc1ccc(-n2cc(CN3CCC(N4CCCC(O)C4)CC3)c(-c3ccc(F)cc3)n2)cc1. The molecule has 33 heavy (non-hydrogen) atoms. The van der Waals surface area contributed by atoms with Crippen molar-refractivity contribution in [2.75, 3.05) is 26.2 Å². The Morgan fingerprint density at radius 1 is 0.970 bits per heavy atom. The Balaban J connectivity index is 1.33. The number of aliphatic hydroxyl groups is 1. The summed E-state index contributed by atoms with van der Waals surface area (Å²) < 4.78 is 15.5. The molecule has 2 aliphatic heterocycles. The molecular formula is C27H33FN4O. The minimum atomic E-state index is -0.233. The number of hydrogen-bond donors (Lipinski definition) is 1. The minimum Gasteiger partial charge on any atom is -0.392 e. The van der Waals surface area contributed by atoms with E-state index in [1.54, 1.807) is 0 Å². The average molecular weight is 449 g/mol. The van der Waals surface area contributed by atoms with E-state index in [1.165, 1.54) is 17.7 Å². The quantitative estimate of drug-likeness (QED) is 0.628. The lowest BCUT2D eigenvalue weighted by atomic mass is 9.98. The summed E-state index contributed by atoms with van der Waals surface area (Å²) in [5.41, 5.74) is 5.26. The first-order valence-corrected chi connectivity index (χ1v) is 12.1. The third kappa shape index (κ3) is 5.18. The van der Waals surface area contributed by atoms with Gasteiger partial charge in [0.2, 0.25) is 0 Å². The molecular weight excluding hydrogens is 415 g/mol. The molecule has 3 heterocycles. The van der Waals surface area contributed by atoms with Crippen molar-refractivity contribution in [3.8, 4) is 16.9 Å². The monoisotopic (exact) mass is 448 g/mol. The highest BCUT2D eigenvalue weighted by atomic mass is 19.1. The fraction of sp³-hybridized carbons (Fsp3) is 0.444. The normalized spacial score (nSPS) is 20.9. The van der Waals surface area contributed by atoms with Crippen LogP contribution in [0.4, 0.5) is 4.39 Å². The zero-order valence-electron chi connectivity index (χ0n) is 19.3. The Hall–Kier alpha value is -2.54. The summed E-state index contributed by atoms with van der Waals surface area (Å²) in [7, 11) is 0. The fourth-order valence-corrected chi connectivity index (χ4v) is 5.20. The lowest BCUT2D eigenvalue weighted by Gasteiger charge is -2.41. The highest BCUT2D eigenvalue weighted by Gasteiger charge is 2.28. The zero-order chi connectivity index (χ0) is 22.8. The van der Waals surface area contributed by atoms with E-state index in [0.29, 0.717) is 6.04 Å². The minimum absolute atomic E-state index is 0.164. The first kappa shape index (κ1) is 22.3. The number of piperidine rings is 2. The summed E-state index contributed by atoms with van der Waals surface area (Å²) in [4.78, 5) is 4.99. The van der Waals surface area contributed by atoms with Gasteiger partial charge in [0.25, 0.3) is 0 Å². The van der Waals surface area contributed by atoms with Gasteiger partial charge in [-0.05, 0) is 88.6 Å². The van der Waals surface area contributed by atoms with Gasteiger partial charge in [-0.1, -0.05) is 17.7 Å². The molecule has 1 aromatic heterocycles. The van der Waals surface area contributed by atoms with Crippen molar-refractivity contribution in [1.82, 2.24) is 19.6 Å². The summed E-state index contributed by atoms with van der Waals surface area (Å²) in [5.74, 6) is -0.233. The Morgan fingerprint density at radius 3 is 2.39 bits per heavy atom. The van der Waals surface area contributed by atoms with Gasteiger partial charge in [-0.2, -0.15) is 5.10 Å². The van der Waals surface area contributed by atoms with E-state index in [9.17, 15) is 9.50 Å². The molecule has 1 atom stereocenters. The molecule has 0 spiro atoms. The summed E-state index contributed by atoms with van der Waals surface area (Å²) >= 11 is 0. The van der Waals surface area contributed by atoms with Crippen molar-refractivity contribution in [3.63, 3.8) is 0 Å². The second kappa shape index (κ2) is 9.75. The van der Waals surface area contributed by atoms with Crippen LogP contribution >= 0.6 is 0 Å². The molecule has 0 aliphatic carbocycles. The number of aliphatic hydroxyl groups excluding tert-OH is 1. The van der Waals surface area contributed by atoms with Crippen molar-refractivity contribution in [2.24, 2.45) is 0 Å². The van der Waals surface area contributed by atoms with Crippen LogP contribution in [-0.2, 0) is 6.54 Å². The Morgan fingerprint density at radius 2 is 1.70 bits per heavy atom. The molecule has 2 aromatic carbocycles. The molecule has 174 valence electrons. The van der Waals surface area contributed by atoms with Gasteiger partial charge in [0.05, 0.1) is 17.5 Å². The maximum absolute atomic E-state index is 13.5. The number of aromatic nitrogens is 2. The third-order valence-corrected chi connectivity index (χ3v) is 7.10. The number of halogens is 1. The molecule has 1 unspecified atom stereocenters. The van der Waals surface area contributed by atoms with E-state index in [4.69, 9.17) is 5.10 Å². The zero-order valence-corrected chi connectivity index (χ0v) is 19.3. The fourth-order valence-electron chi connectivity index (χ4n) is 5.20. The van der Waals surface area contributed by atoms with Gasteiger partial charge in [-0.15, -0.1) is 0 Å². The van der Waals surface area contributed by atoms with E-state index in [2.05, 4.69) is 47.2 Å². The van der Waals surface area contributed by atoms with Crippen LogP contribution in [0.15, 0.2) is 54.7 Å². The summed E-state index contributed by atoms with van der Waals surface area (Å²) in [6.07, 6.45) is 6.25. The first-order chi connectivity index (χ1) is 16.0. The molecule has 5 nitrogen and oxygen atoms in total. The van der Waals surface area contributed by atoms with Gasteiger partial charge in [0.15, 0.2) is 0 Å². The van der Waals surface area contributed by atoms with E-state index in [0.717, 1.165) is 80.9 Å². The molecule has 6 heteroatoms. The highest BCUT2D eigenvalue weighted by Crippen LogP contribution is 2.28. The van der Waals surface area contributed by atoms with E-state index < -0.39 is 0 Å². The van der Waals surface area contributed by atoms with Crippen LogP contribution in [0.5, 0.6) is 0 Å². The highest BCUT2D eigenvalue weighted by molar-refractivity contribution is 5.63. The second-order valence-electron chi connectivity index (χ2n) is 9.59. The third-order valence-electron chi connectivity index (χ3n) is 7.10. The summed E-state index contributed by atoms with van der Waals surface area (Å²) in [6, 6.07) is 15.6.